The topological polar surface area (TPSA) is 47.0 Å². The van der Waals surface area contributed by atoms with Crippen LogP contribution in [0, 0.1) is 0 Å². The lowest BCUT2D eigenvalue weighted by Gasteiger charge is -2.13. The van der Waals surface area contributed by atoms with E-state index in [0.29, 0.717) is 6.61 Å². The van der Waals surface area contributed by atoms with E-state index in [9.17, 15) is 0 Å². The molecule has 2 heterocycles. The first-order chi connectivity index (χ1) is 11.7. The van der Waals surface area contributed by atoms with Gasteiger partial charge in [0, 0.05) is 10.6 Å². The van der Waals surface area contributed by atoms with E-state index >= 15 is 0 Å². The molecule has 0 radical (unpaired) electrons. The Kier molecular flexibility index (Phi) is 4.29. The van der Waals surface area contributed by atoms with Crippen LogP contribution in [0.25, 0.3) is 10.2 Å². The summed E-state index contributed by atoms with van der Waals surface area (Å²) in [5.41, 5.74) is 2.36. The van der Waals surface area contributed by atoms with E-state index in [-0.39, 0.29) is 5.28 Å². The van der Waals surface area contributed by atoms with Crippen molar-refractivity contribution in [2.24, 2.45) is 0 Å². The molecule has 124 valence electrons. The van der Waals surface area contributed by atoms with Gasteiger partial charge in [-0.1, -0.05) is 0 Å². The maximum Gasteiger partial charge on any atom is 0.225 e. The van der Waals surface area contributed by atoms with Crippen LogP contribution in [0.15, 0.2) is 24.3 Å². The normalized spacial score (nSPS) is 13.8. The largest absolute Gasteiger partial charge is 0.494 e. The zero-order valence-corrected chi connectivity index (χ0v) is 15.0. The molecular weight excluding hydrogens is 342 g/mol. The van der Waals surface area contributed by atoms with Crippen LogP contribution < -0.4 is 10.1 Å². The van der Waals surface area contributed by atoms with Crippen LogP contribution in [-0.4, -0.2) is 16.6 Å². The summed E-state index contributed by atoms with van der Waals surface area (Å²) in [5.74, 6) is 1.66. The molecule has 1 aliphatic rings. The number of hydrogen-bond acceptors (Lipinski definition) is 5. The molecule has 4 rings (SSSR count). The van der Waals surface area contributed by atoms with Gasteiger partial charge in [0.1, 0.15) is 16.4 Å². The Balaban J connectivity index is 1.74. The molecule has 0 fully saturated rings. The number of hydrogen-bond donors (Lipinski definition) is 1. The lowest BCUT2D eigenvalue weighted by atomic mass is 9.97. The van der Waals surface area contributed by atoms with Crippen LogP contribution in [0.3, 0.4) is 0 Å². The second kappa shape index (κ2) is 6.57. The molecule has 6 heteroatoms. The maximum atomic E-state index is 6.14. The third kappa shape index (κ3) is 2.94. The third-order valence-corrected chi connectivity index (χ3v) is 5.57. The molecule has 2 aromatic heterocycles. The summed E-state index contributed by atoms with van der Waals surface area (Å²) in [6.45, 7) is 2.64. The summed E-state index contributed by atoms with van der Waals surface area (Å²) in [4.78, 5) is 11.3. The average Bonchev–Trinajstić information content (AvgIpc) is 2.95. The van der Waals surface area contributed by atoms with Gasteiger partial charge in [0.05, 0.1) is 12.0 Å². The van der Waals surface area contributed by atoms with Gasteiger partial charge in [0.2, 0.25) is 5.28 Å². The first-order valence-electron chi connectivity index (χ1n) is 8.22. The van der Waals surface area contributed by atoms with Crippen molar-refractivity contribution in [2.75, 3.05) is 11.9 Å². The van der Waals surface area contributed by atoms with Gasteiger partial charge in [0.15, 0.2) is 0 Å². The van der Waals surface area contributed by atoms with Crippen LogP contribution in [0.5, 0.6) is 5.75 Å². The quantitative estimate of drug-likeness (QED) is 0.636. The second-order valence-corrected chi connectivity index (χ2v) is 7.24. The Bertz CT molecular complexity index is 876. The van der Waals surface area contributed by atoms with Gasteiger partial charge in [-0.05, 0) is 74.0 Å². The molecule has 0 bridgehead atoms. The zero-order valence-electron chi connectivity index (χ0n) is 13.4. The van der Waals surface area contributed by atoms with Gasteiger partial charge in [-0.25, -0.2) is 4.98 Å². The van der Waals surface area contributed by atoms with Crippen molar-refractivity contribution in [1.82, 2.24) is 9.97 Å². The van der Waals surface area contributed by atoms with Gasteiger partial charge in [-0.2, -0.15) is 4.98 Å². The predicted molar refractivity (Wildman–Crippen MR) is 100.0 cm³/mol. The average molecular weight is 360 g/mol. The molecule has 0 saturated carbocycles. The maximum absolute atomic E-state index is 6.14. The van der Waals surface area contributed by atoms with Crippen LogP contribution in [0.2, 0.25) is 5.28 Å². The van der Waals surface area contributed by atoms with Crippen molar-refractivity contribution in [3.05, 3.63) is 40.0 Å². The molecule has 3 aromatic rings. The van der Waals surface area contributed by atoms with Crippen molar-refractivity contribution in [2.45, 2.75) is 32.6 Å². The monoisotopic (exact) mass is 359 g/mol. The predicted octanol–water partition coefficient (Wildman–Crippen LogP) is 5.37. The van der Waals surface area contributed by atoms with Crippen molar-refractivity contribution in [3.63, 3.8) is 0 Å². The fourth-order valence-corrected chi connectivity index (χ4v) is 4.64. The lowest BCUT2D eigenvalue weighted by molar-refractivity contribution is 0.340. The summed E-state index contributed by atoms with van der Waals surface area (Å²) >= 11 is 7.90. The molecule has 1 N–H and O–H groups in total. The Hall–Kier alpha value is -1.85. The van der Waals surface area contributed by atoms with Gasteiger partial charge in [0.25, 0.3) is 0 Å². The van der Waals surface area contributed by atoms with E-state index in [1.807, 2.05) is 31.2 Å². The number of nitrogens with one attached hydrogen (secondary N) is 1. The number of halogens is 1. The van der Waals surface area contributed by atoms with Crippen molar-refractivity contribution < 1.29 is 4.74 Å². The van der Waals surface area contributed by atoms with Crippen LogP contribution in [0.4, 0.5) is 11.5 Å². The van der Waals surface area contributed by atoms with E-state index in [1.54, 1.807) is 11.3 Å². The molecule has 0 atom stereocenters. The van der Waals surface area contributed by atoms with E-state index in [4.69, 9.17) is 16.3 Å². The highest BCUT2D eigenvalue weighted by molar-refractivity contribution is 7.19. The Morgan fingerprint density at radius 1 is 1.17 bits per heavy atom. The van der Waals surface area contributed by atoms with Gasteiger partial charge < -0.3 is 10.1 Å². The fourth-order valence-electron chi connectivity index (χ4n) is 3.16. The Morgan fingerprint density at radius 3 is 2.75 bits per heavy atom. The van der Waals surface area contributed by atoms with E-state index in [1.165, 1.54) is 23.3 Å². The molecule has 0 saturated heterocycles. The molecule has 0 amide bonds. The summed E-state index contributed by atoms with van der Waals surface area (Å²) in [7, 11) is 0. The second-order valence-electron chi connectivity index (χ2n) is 5.81. The van der Waals surface area contributed by atoms with Crippen molar-refractivity contribution in [3.8, 4) is 5.75 Å². The number of benzene rings is 1. The molecule has 4 nitrogen and oxygen atoms in total. The van der Waals surface area contributed by atoms with E-state index in [0.717, 1.165) is 40.3 Å². The first-order valence-corrected chi connectivity index (χ1v) is 9.41. The number of aromatic nitrogens is 2. The molecule has 1 aliphatic carbocycles. The number of aryl methyl sites for hydroxylation is 2. The molecule has 0 unspecified atom stereocenters. The summed E-state index contributed by atoms with van der Waals surface area (Å²) in [6.07, 6.45) is 4.71. The van der Waals surface area contributed by atoms with Crippen LogP contribution in [-0.2, 0) is 12.8 Å². The third-order valence-electron chi connectivity index (χ3n) is 4.22. The van der Waals surface area contributed by atoms with Crippen LogP contribution >= 0.6 is 22.9 Å². The highest BCUT2D eigenvalue weighted by Gasteiger charge is 2.21. The number of thiophene rings is 1. The van der Waals surface area contributed by atoms with E-state index in [2.05, 4.69) is 15.3 Å². The number of nitrogens with zero attached hydrogens (tertiary/aromatic N) is 2. The summed E-state index contributed by atoms with van der Waals surface area (Å²) in [6, 6.07) is 7.89. The number of rotatable bonds is 4. The Morgan fingerprint density at radius 2 is 1.96 bits per heavy atom. The van der Waals surface area contributed by atoms with E-state index < -0.39 is 0 Å². The zero-order chi connectivity index (χ0) is 16.5. The van der Waals surface area contributed by atoms with Crippen LogP contribution in [0.1, 0.15) is 30.2 Å². The van der Waals surface area contributed by atoms with Gasteiger partial charge >= 0.3 is 0 Å². The number of ether oxygens (including phenoxy) is 1. The Labute approximate surface area is 149 Å². The number of anilines is 2. The SMILES string of the molecule is CCOc1ccc(Nc2nc(Cl)nc3sc4c(c23)CCCC4)cc1. The minimum absolute atomic E-state index is 0.287. The summed E-state index contributed by atoms with van der Waals surface area (Å²) < 4.78 is 5.49. The molecule has 24 heavy (non-hydrogen) atoms. The molecule has 1 aromatic carbocycles. The fraction of sp³-hybridized carbons (Fsp3) is 0.333. The standard InChI is InChI=1S/C18H18ClN3OS/c1-2-23-12-9-7-11(8-10-12)20-16-15-13-5-3-4-6-14(13)24-17(15)22-18(19)21-16/h7-10H,2-6H2,1H3,(H,20,21,22). The molecule has 0 aliphatic heterocycles. The smallest absolute Gasteiger partial charge is 0.225 e. The molecule has 0 spiro atoms. The van der Waals surface area contributed by atoms with Crippen molar-refractivity contribution in [1.29, 1.82) is 0 Å². The summed E-state index contributed by atoms with van der Waals surface area (Å²) in [5, 5.41) is 4.83. The van der Waals surface area contributed by atoms with Crippen molar-refractivity contribution >= 4 is 44.7 Å². The minimum atomic E-state index is 0.287. The molecular formula is C18H18ClN3OS. The first kappa shape index (κ1) is 15.7. The minimum Gasteiger partial charge on any atom is -0.494 e. The highest BCUT2D eigenvalue weighted by atomic mass is 35.5. The highest BCUT2D eigenvalue weighted by Crippen LogP contribution is 2.39. The lowest BCUT2D eigenvalue weighted by Crippen LogP contribution is -2.01. The van der Waals surface area contributed by atoms with Gasteiger partial charge in [-0.15, -0.1) is 11.3 Å². The van der Waals surface area contributed by atoms with Gasteiger partial charge in [-0.3, -0.25) is 0 Å². The number of fused-ring (bicyclic) bond motifs is 3.